The summed E-state index contributed by atoms with van der Waals surface area (Å²) in [5, 5.41) is 0. The number of carbonyl (C=O) groups is 2. The molecule has 2 heteroatoms. The predicted octanol–water partition coefficient (Wildman–Crippen LogP) is 4.70. The molecule has 0 fully saturated rings. The normalized spacial score (nSPS) is 10.9. The van der Waals surface area contributed by atoms with E-state index in [9.17, 15) is 9.59 Å². The van der Waals surface area contributed by atoms with E-state index in [4.69, 9.17) is 0 Å². The van der Waals surface area contributed by atoms with Gasteiger partial charge < -0.3 is 0 Å². The van der Waals surface area contributed by atoms with Gasteiger partial charge in [0.2, 0.25) is 5.78 Å². The first-order valence-corrected chi connectivity index (χ1v) is 7.74. The zero-order valence-corrected chi connectivity index (χ0v) is 12.5. The standard InChI is InChI=1S/C16H30O2/c1-4-7-9-12-14(13-10-8-5-2)16(18)15(17)11-6-3/h14H,4-13H2,1-3H3. The zero-order chi connectivity index (χ0) is 13.8. The van der Waals surface area contributed by atoms with E-state index < -0.39 is 0 Å². The fourth-order valence-corrected chi connectivity index (χ4v) is 2.27. The molecular weight excluding hydrogens is 224 g/mol. The summed E-state index contributed by atoms with van der Waals surface area (Å²) >= 11 is 0. The average molecular weight is 254 g/mol. The van der Waals surface area contributed by atoms with Crippen LogP contribution in [0.1, 0.15) is 85.0 Å². The number of ketones is 2. The number of carbonyl (C=O) groups excluding carboxylic acids is 2. The van der Waals surface area contributed by atoms with Crippen molar-refractivity contribution in [3.05, 3.63) is 0 Å². The van der Waals surface area contributed by atoms with E-state index in [-0.39, 0.29) is 17.5 Å². The van der Waals surface area contributed by atoms with Crippen LogP contribution in [0.5, 0.6) is 0 Å². The third-order valence-electron chi connectivity index (χ3n) is 3.43. The Labute approximate surface area is 113 Å². The van der Waals surface area contributed by atoms with Crippen LogP contribution >= 0.6 is 0 Å². The van der Waals surface area contributed by atoms with Crippen molar-refractivity contribution in [3.63, 3.8) is 0 Å². The average Bonchev–Trinajstić information content (AvgIpc) is 2.37. The van der Waals surface area contributed by atoms with E-state index in [1.807, 2.05) is 6.92 Å². The fraction of sp³-hybridized carbons (Fsp3) is 0.875. The van der Waals surface area contributed by atoms with Gasteiger partial charge in [-0.1, -0.05) is 59.3 Å². The van der Waals surface area contributed by atoms with Crippen molar-refractivity contribution in [2.24, 2.45) is 5.92 Å². The molecule has 0 aliphatic rings. The van der Waals surface area contributed by atoms with E-state index in [0.29, 0.717) is 6.42 Å². The lowest BCUT2D eigenvalue weighted by molar-refractivity contribution is -0.139. The van der Waals surface area contributed by atoms with Crippen LogP contribution in [0.2, 0.25) is 0 Å². The molecule has 0 aliphatic heterocycles. The first kappa shape index (κ1) is 17.3. The lowest BCUT2D eigenvalue weighted by Crippen LogP contribution is -2.23. The molecule has 2 nitrogen and oxygen atoms in total. The first-order chi connectivity index (χ1) is 8.67. The fourth-order valence-electron chi connectivity index (χ4n) is 2.27. The molecule has 0 unspecified atom stereocenters. The van der Waals surface area contributed by atoms with E-state index in [1.54, 1.807) is 0 Å². The Morgan fingerprint density at radius 2 is 1.28 bits per heavy atom. The molecule has 0 atom stereocenters. The second-order valence-corrected chi connectivity index (χ2v) is 5.23. The van der Waals surface area contributed by atoms with Crippen LogP contribution in [0.15, 0.2) is 0 Å². The van der Waals surface area contributed by atoms with Gasteiger partial charge in [0.05, 0.1) is 0 Å². The van der Waals surface area contributed by atoms with Gasteiger partial charge >= 0.3 is 0 Å². The highest BCUT2D eigenvalue weighted by atomic mass is 16.2. The molecule has 0 rings (SSSR count). The van der Waals surface area contributed by atoms with Gasteiger partial charge in [0.1, 0.15) is 0 Å². The third kappa shape index (κ3) is 7.62. The maximum absolute atomic E-state index is 12.1. The molecule has 0 amide bonds. The summed E-state index contributed by atoms with van der Waals surface area (Å²) in [4.78, 5) is 23.8. The van der Waals surface area contributed by atoms with Gasteiger partial charge in [-0.2, -0.15) is 0 Å². The lowest BCUT2D eigenvalue weighted by atomic mass is 9.88. The van der Waals surface area contributed by atoms with Crippen molar-refractivity contribution in [2.75, 3.05) is 0 Å². The number of hydrogen-bond donors (Lipinski definition) is 0. The molecule has 0 spiro atoms. The van der Waals surface area contributed by atoms with Gasteiger partial charge in [0.25, 0.3) is 0 Å². The molecule has 0 radical (unpaired) electrons. The van der Waals surface area contributed by atoms with Gasteiger partial charge in [-0.25, -0.2) is 0 Å². The summed E-state index contributed by atoms with van der Waals surface area (Å²) in [6.07, 6.45) is 9.85. The number of rotatable bonds is 12. The highest BCUT2D eigenvalue weighted by Crippen LogP contribution is 2.19. The van der Waals surface area contributed by atoms with E-state index in [2.05, 4.69) is 13.8 Å². The molecule has 0 bridgehead atoms. The Morgan fingerprint density at radius 3 is 1.67 bits per heavy atom. The van der Waals surface area contributed by atoms with Crippen molar-refractivity contribution in [2.45, 2.75) is 85.0 Å². The Kier molecular flexibility index (Phi) is 11.0. The van der Waals surface area contributed by atoms with Crippen LogP contribution in [0.25, 0.3) is 0 Å². The van der Waals surface area contributed by atoms with E-state index in [1.165, 1.54) is 25.7 Å². The third-order valence-corrected chi connectivity index (χ3v) is 3.43. The monoisotopic (exact) mass is 254 g/mol. The molecule has 0 aromatic carbocycles. The molecule has 0 aromatic heterocycles. The molecule has 0 N–H and O–H groups in total. The van der Waals surface area contributed by atoms with Crippen LogP contribution in [0.4, 0.5) is 0 Å². The maximum Gasteiger partial charge on any atom is 0.201 e. The van der Waals surface area contributed by atoms with Crippen molar-refractivity contribution < 1.29 is 9.59 Å². The Morgan fingerprint density at radius 1 is 0.778 bits per heavy atom. The second kappa shape index (κ2) is 11.4. The molecule has 0 aromatic rings. The minimum Gasteiger partial charge on any atom is -0.291 e. The van der Waals surface area contributed by atoms with Crippen molar-refractivity contribution in [1.82, 2.24) is 0 Å². The van der Waals surface area contributed by atoms with Crippen LogP contribution in [0.3, 0.4) is 0 Å². The number of Topliss-reactive ketones (excluding diaryl/α,β-unsaturated/α-hetero) is 2. The number of unbranched alkanes of at least 4 members (excludes halogenated alkanes) is 4. The summed E-state index contributed by atoms with van der Waals surface area (Å²) in [5.74, 6) is -0.235. The van der Waals surface area contributed by atoms with Crippen LogP contribution in [-0.4, -0.2) is 11.6 Å². The van der Waals surface area contributed by atoms with Gasteiger partial charge in [0.15, 0.2) is 5.78 Å². The first-order valence-electron chi connectivity index (χ1n) is 7.74. The quantitative estimate of drug-likeness (QED) is 0.373. The van der Waals surface area contributed by atoms with Crippen molar-refractivity contribution in [1.29, 1.82) is 0 Å². The van der Waals surface area contributed by atoms with Gasteiger partial charge in [-0.05, 0) is 19.3 Å². The molecule has 0 saturated carbocycles. The Balaban J connectivity index is 4.24. The molecule has 18 heavy (non-hydrogen) atoms. The molecule has 0 heterocycles. The van der Waals surface area contributed by atoms with E-state index >= 15 is 0 Å². The predicted molar refractivity (Wildman–Crippen MR) is 76.7 cm³/mol. The zero-order valence-electron chi connectivity index (χ0n) is 12.5. The Bertz CT molecular complexity index is 223. The van der Waals surface area contributed by atoms with Crippen molar-refractivity contribution >= 4 is 11.6 Å². The topological polar surface area (TPSA) is 34.1 Å². The summed E-state index contributed by atoms with van der Waals surface area (Å²) in [6, 6.07) is 0. The highest BCUT2D eigenvalue weighted by molar-refractivity contribution is 6.37. The van der Waals surface area contributed by atoms with Gasteiger partial charge in [-0.15, -0.1) is 0 Å². The smallest absolute Gasteiger partial charge is 0.201 e. The lowest BCUT2D eigenvalue weighted by Gasteiger charge is -2.14. The van der Waals surface area contributed by atoms with E-state index in [0.717, 1.165) is 32.1 Å². The van der Waals surface area contributed by atoms with Gasteiger partial charge in [0, 0.05) is 12.3 Å². The maximum atomic E-state index is 12.1. The van der Waals surface area contributed by atoms with Crippen molar-refractivity contribution in [3.8, 4) is 0 Å². The minimum atomic E-state index is -0.143. The van der Waals surface area contributed by atoms with Crippen LogP contribution in [-0.2, 0) is 9.59 Å². The second-order valence-electron chi connectivity index (χ2n) is 5.23. The summed E-state index contributed by atoms with van der Waals surface area (Å²) in [5.41, 5.74) is 0. The summed E-state index contributed by atoms with van der Waals surface area (Å²) in [7, 11) is 0. The summed E-state index contributed by atoms with van der Waals surface area (Å²) < 4.78 is 0. The highest BCUT2D eigenvalue weighted by Gasteiger charge is 2.23. The molecular formula is C16H30O2. The minimum absolute atomic E-state index is 0.00199. The van der Waals surface area contributed by atoms with Crippen LogP contribution in [0, 0.1) is 5.92 Å². The molecule has 0 saturated heterocycles. The molecule has 0 aliphatic carbocycles. The van der Waals surface area contributed by atoms with Gasteiger partial charge in [-0.3, -0.25) is 9.59 Å². The largest absolute Gasteiger partial charge is 0.291 e. The summed E-state index contributed by atoms with van der Waals surface area (Å²) in [6.45, 7) is 6.28. The molecule has 106 valence electrons. The Hall–Kier alpha value is -0.660. The number of hydrogen-bond acceptors (Lipinski definition) is 2. The SMILES string of the molecule is CCCCCC(CCCCC)C(=O)C(=O)CCC. The van der Waals surface area contributed by atoms with Crippen LogP contribution < -0.4 is 0 Å².